The lowest BCUT2D eigenvalue weighted by atomic mass is 10.1. The molecule has 0 bridgehead atoms. The summed E-state index contributed by atoms with van der Waals surface area (Å²) in [6.07, 6.45) is 1.17. The van der Waals surface area contributed by atoms with Crippen molar-refractivity contribution in [1.29, 1.82) is 0 Å². The highest BCUT2D eigenvalue weighted by Gasteiger charge is 2.19. The molecule has 43 heavy (non-hydrogen) atoms. The molecule has 0 radical (unpaired) electrons. The number of methoxy groups -OCH3 is 6. The maximum atomic E-state index is 12.5. The SMILES string of the molecule is COc1cc(CC(=O)OCCN2CCCN(CCOC(=O)Cc3cc(OC)c(OC)c(OC)c3)CC2)cc(OC)c1OC. The first-order valence-corrected chi connectivity index (χ1v) is 14.2. The average molecular weight is 605 g/mol. The van der Waals surface area contributed by atoms with E-state index in [0.29, 0.717) is 71.9 Å². The van der Waals surface area contributed by atoms with Crippen LogP contribution in [-0.4, -0.2) is 117 Å². The molecule has 12 nitrogen and oxygen atoms in total. The molecule has 1 aliphatic heterocycles. The second kappa shape index (κ2) is 17.3. The predicted molar refractivity (Wildman–Crippen MR) is 159 cm³/mol. The largest absolute Gasteiger partial charge is 0.493 e. The van der Waals surface area contributed by atoms with Gasteiger partial charge in [-0.1, -0.05) is 0 Å². The van der Waals surface area contributed by atoms with E-state index in [9.17, 15) is 9.59 Å². The van der Waals surface area contributed by atoms with E-state index in [0.717, 1.165) is 32.6 Å². The number of rotatable bonds is 16. The molecule has 1 fully saturated rings. The van der Waals surface area contributed by atoms with Crippen LogP contribution in [0.5, 0.6) is 34.5 Å². The number of ether oxygens (including phenoxy) is 8. The third-order valence-electron chi connectivity index (χ3n) is 7.17. The van der Waals surface area contributed by atoms with E-state index < -0.39 is 0 Å². The zero-order valence-electron chi connectivity index (χ0n) is 26.1. The van der Waals surface area contributed by atoms with Gasteiger partial charge in [-0.3, -0.25) is 19.4 Å². The lowest BCUT2D eigenvalue weighted by molar-refractivity contribution is -0.144. The van der Waals surface area contributed by atoms with Crippen LogP contribution in [0.2, 0.25) is 0 Å². The lowest BCUT2D eigenvalue weighted by Crippen LogP contribution is -2.34. The van der Waals surface area contributed by atoms with Crippen molar-refractivity contribution in [3.8, 4) is 34.5 Å². The fourth-order valence-corrected chi connectivity index (χ4v) is 4.96. The summed E-state index contributed by atoms with van der Waals surface area (Å²) in [5.74, 6) is 2.29. The highest BCUT2D eigenvalue weighted by molar-refractivity contribution is 5.74. The van der Waals surface area contributed by atoms with E-state index in [2.05, 4.69) is 9.80 Å². The van der Waals surface area contributed by atoms with Crippen molar-refractivity contribution in [3.63, 3.8) is 0 Å². The third kappa shape index (κ3) is 9.82. The minimum absolute atomic E-state index is 0.1000. The number of hydrogen-bond donors (Lipinski definition) is 0. The zero-order chi connectivity index (χ0) is 31.2. The molecule has 0 amide bonds. The maximum absolute atomic E-state index is 12.5. The van der Waals surface area contributed by atoms with Gasteiger partial charge < -0.3 is 37.9 Å². The van der Waals surface area contributed by atoms with Crippen molar-refractivity contribution in [2.75, 3.05) is 95.1 Å². The number of carbonyl (C=O) groups is 2. The first kappa shape index (κ1) is 33.6. The van der Waals surface area contributed by atoms with Gasteiger partial charge in [-0.2, -0.15) is 0 Å². The highest BCUT2D eigenvalue weighted by Crippen LogP contribution is 2.39. The summed E-state index contributed by atoms with van der Waals surface area (Å²) in [4.78, 5) is 29.5. The Morgan fingerprint density at radius 2 is 0.907 bits per heavy atom. The quantitative estimate of drug-likeness (QED) is 0.263. The summed E-state index contributed by atoms with van der Waals surface area (Å²) >= 11 is 0. The molecule has 0 unspecified atom stereocenters. The number of carbonyl (C=O) groups excluding carboxylic acids is 2. The Morgan fingerprint density at radius 3 is 1.21 bits per heavy atom. The van der Waals surface area contributed by atoms with Gasteiger partial charge in [0.05, 0.1) is 55.5 Å². The van der Waals surface area contributed by atoms with Crippen LogP contribution in [0.4, 0.5) is 0 Å². The maximum Gasteiger partial charge on any atom is 0.310 e. The monoisotopic (exact) mass is 604 g/mol. The van der Waals surface area contributed by atoms with Crippen LogP contribution in [-0.2, 0) is 31.9 Å². The van der Waals surface area contributed by atoms with Crippen LogP contribution in [0.1, 0.15) is 17.5 Å². The Kier molecular flexibility index (Phi) is 13.5. The number of hydrogen-bond acceptors (Lipinski definition) is 12. The topological polar surface area (TPSA) is 114 Å². The Morgan fingerprint density at radius 1 is 0.558 bits per heavy atom. The summed E-state index contributed by atoms with van der Waals surface area (Å²) in [5, 5.41) is 0. The lowest BCUT2D eigenvalue weighted by Gasteiger charge is -2.21. The van der Waals surface area contributed by atoms with E-state index in [4.69, 9.17) is 37.9 Å². The average Bonchev–Trinajstić information content (AvgIpc) is 3.24. The van der Waals surface area contributed by atoms with E-state index in [1.165, 1.54) is 42.7 Å². The molecule has 1 aliphatic rings. The van der Waals surface area contributed by atoms with Crippen LogP contribution in [0, 0.1) is 0 Å². The second-order valence-corrected chi connectivity index (χ2v) is 9.90. The zero-order valence-corrected chi connectivity index (χ0v) is 26.1. The van der Waals surface area contributed by atoms with Gasteiger partial charge in [0.1, 0.15) is 13.2 Å². The van der Waals surface area contributed by atoms with Crippen LogP contribution >= 0.6 is 0 Å². The Hall–Kier alpha value is -3.90. The van der Waals surface area contributed by atoms with Crippen LogP contribution in [0.25, 0.3) is 0 Å². The molecule has 3 rings (SSSR count). The number of nitrogens with zero attached hydrogens (tertiary/aromatic N) is 2. The van der Waals surface area contributed by atoms with E-state index in [-0.39, 0.29) is 24.8 Å². The van der Waals surface area contributed by atoms with Crippen molar-refractivity contribution < 1.29 is 47.5 Å². The minimum Gasteiger partial charge on any atom is -0.493 e. The minimum atomic E-state index is -0.320. The van der Waals surface area contributed by atoms with Gasteiger partial charge in [-0.25, -0.2) is 0 Å². The van der Waals surface area contributed by atoms with E-state index >= 15 is 0 Å². The highest BCUT2D eigenvalue weighted by atomic mass is 16.5. The van der Waals surface area contributed by atoms with Crippen LogP contribution in [0.15, 0.2) is 24.3 Å². The van der Waals surface area contributed by atoms with Crippen molar-refractivity contribution >= 4 is 11.9 Å². The molecule has 1 saturated heterocycles. The molecule has 0 aliphatic carbocycles. The summed E-state index contributed by atoms with van der Waals surface area (Å²) in [6, 6.07) is 6.99. The first-order chi connectivity index (χ1) is 20.8. The molecular weight excluding hydrogens is 560 g/mol. The molecule has 2 aromatic carbocycles. The molecule has 0 saturated carbocycles. The molecule has 2 aromatic rings. The Bertz CT molecular complexity index is 1060. The van der Waals surface area contributed by atoms with Crippen molar-refractivity contribution in [1.82, 2.24) is 9.80 Å². The molecule has 1 heterocycles. The van der Waals surface area contributed by atoms with Crippen LogP contribution in [0.3, 0.4) is 0 Å². The third-order valence-corrected chi connectivity index (χ3v) is 7.17. The second-order valence-electron chi connectivity index (χ2n) is 9.90. The van der Waals surface area contributed by atoms with E-state index in [1.54, 1.807) is 24.3 Å². The fraction of sp³-hybridized carbons (Fsp3) is 0.548. The molecule has 12 heteroatoms. The predicted octanol–water partition coefficient (Wildman–Crippen LogP) is 2.62. The van der Waals surface area contributed by atoms with Gasteiger partial charge in [0, 0.05) is 26.2 Å². The van der Waals surface area contributed by atoms with Crippen molar-refractivity contribution in [2.45, 2.75) is 19.3 Å². The summed E-state index contributed by atoms with van der Waals surface area (Å²) in [6.45, 7) is 5.40. The Labute approximate surface area is 253 Å². The Balaban J connectivity index is 1.37. The van der Waals surface area contributed by atoms with Gasteiger partial charge in [0.25, 0.3) is 0 Å². The summed E-state index contributed by atoms with van der Waals surface area (Å²) in [7, 11) is 9.21. The molecule has 238 valence electrons. The smallest absolute Gasteiger partial charge is 0.310 e. The van der Waals surface area contributed by atoms with Gasteiger partial charge in [0.2, 0.25) is 11.5 Å². The summed E-state index contributed by atoms with van der Waals surface area (Å²) in [5.41, 5.74) is 1.43. The normalized spacial score (nSPS) is 13.9. The van der Waals surface area contributed by atoms with Crippen molar-refractivity contribution in [2.24, 2.45) is 0 Å². The van der Waals surface area contributed by atoms with Gasteiger partial charge in [-0.05, 0) is 54.9 Å². The van der Waals surface area contributed by atoms with Crippen LogP contribution < -0.4 is 28.4 Å². The van der Waals surface area contributed by atoms with Gasteiger partial charge >= 0.3 is 11.9 Å². The molecule has 0 atom stereocenters. The molecule has 0 aromatic heterocycles. The molecular formula is C31H44N2O10. The van der Waals surface area contributed by atoms with Gasteiger partial charge in [0.15, 0.2) is 23.0 Å². The number of esters is 2. The first-order valence-electron chi connectivity index (χ1n) is 14.2. The summed E-state index contributed by atoms with van der Waals surface area (Å²) < 4.78 is 43.1. The number of benzene rings is 2. The van der Waals surface area contributed by atoms with Gasteiger partial charge in [-0.15, -0.1) is 0 Å². The van der Waals surface area contributed by atoms with E-state index in [1.807, 2.05) is 0 Å². The molecule has 0 spiro atoms. The fourth-order valence-electron chi connectivity index (χ4n) is 4.96. The molecule has 0 N–H and O–H groups in total. The standard InChI is InChI=1S/C31H44N2O10/c1-36-24-16-22(17-25(37-2)30(24)40-5)20-28(34)42-14-12-32-8-7-9-33(11-10-32)13-15-43-29(35)21-23-18-26(38-3)31(41-6)27(19-23)39-4/h16-19H,7-15,20-21H2,1-6H3. The van der Waals surface area contributed by atoms with Crippen molar-refractivity contribution in [3.05, 3.63) is 35.4 Å².